The van der Waals surface area contributed by atoms with E-state index in [1.165, 1.54) is 4.90 Å². The van der Waals surface area contributed by atoms with Crippen LogP contribution in [-0.2, 0) is 20.9 Å². The van der Waals surface area contributed by atoms with Crippen molar-refractivity contribution in [3.63, 3.8) is 0 Å². The minimum atomic E-state index is -1.12. The Bertz CT molecular complexity index is 1060. The second-order valence-corrected chi connectivity index (χ2v) is 9.83. The van der Waals surface area contributed by atoms with Gasteiger partial charge in [0.2, 0.25) is 11.8 Å². The number of nitrogens with one attached hydrogen (secondary N) is 1. The molecule has 2 amide bonds. The first-order chi connectivity index (χ1) is 17.3. The third-order valence-electron chi connectivity index (χ3n) is 5.73. The number of ether oxygens (including phenoxy) is 2. The first-order valence-corrected chi connectivity index (χ1v) is 13.1. The lowest BCUT2D eigenvalue weighted by molar-refractivity contribution is -0.144. The van der Waals surface area contributed by atoms with Crippen LogP contribution in [-0.4, -0.2) is 71.5 Å². The number of nitrogens with zero attached hydrogens (tertiary/aromatic N) is 1. The summed E-state index contributed by atoms with van der Waals surface area (Å²) in [6, 6.07) is 13.7. The number of hydrogen-bond acceptors (Lipinski definition) is 6. The van der Waals surface area contributed by atoms with E-state index >= 15 is 0 Å². The van der Waals surface area contributed by atoms with Gasteiger partial charge >= 0.3 is 0 Å². The molecule has 36 heavy (non-hydrogen) atoms. The monoisotopic (exact) mass is 628 g/mol. The van der Waals surface area contributed by atoms with Gasteiger partial charge in [-0.05, 0) is 65.4 Å². The van der Waals surface area contributed by atoms with Crippen LogP contribution >= 0.6 is 34.2 Å². The standard InChI is InChI=1S/C26H30ClIN2O6/c1-2-35-16-24(32)30(15-17-7-9-19(27)10-8-17)21-13-18(26(34)29-11-12-31)14-23(25(21)33)36-22-6-4-3-5-20(22)28/h3-10,14,21,23,25,31,33H,2,11-13,15-16H2,1H3,(H,29,34). The fraction of sp³-hybridized carbons (Fsp3) is 0.385. The molecule has 0 aromatic heterocycles. The Hall–Kier alpha value is -2.18. The number of carbonyl (C=O) groups excluding carboxylic acids is 2. The van der Waals surface area contributed by atoms with E-state index in [4.69, 9.17) is 26.2 Å². The molecule has 10 heteroatoms. The number of rotatable bonds is 11. The molecule has 194 valence electrons. The van der Waals surface area contributed by atoms with E-state index in [-0.39, 0.29) is 44.5 Å². The molecule has 0 radical (unpaired) electrons. The first kappa shape index (κ1) is 28.4. The zero-order chi connectivity index (χ0) is 26.1. The molecule has 0 fully saturated rings. The SMILES string of the molecule is CCOCC(=O)N(Cc1ccc(Cl)cc1)C1CC(C(=O)NCCO)=CC(Oc2ccccc2I)C1O. The minimum Gasteiger partial charge on any atom is -0.482 e. The van der Waals surface area contributed by atoms with Crippen LogP contribution in [0, 0.1) is 3.57 Å². The van der Waals surface area contributed by atoms with Crippen LogP contribution in [0.25, 0.3) is 0 Å². The summed E-state index contributed by atoms with van der Waals surface area (Å²) in [7, 11) is 0. The number of hydrogen-bond donors (Lipinski definition) is 3. The van der Waals surface area contributed by atoms with Gasteiger partial charge in [-0.2, -0.15) is 0 Å². The number of aliphatic hydroxyl groups excluding tert-OH is 2. The summed E-state index contributed by atoms with van der Waals surface area (Å²) in [5.41, 5.74) is 1.17. The molecule has 2 aromatic carbocycles. The average Bonchev–Trinajstić information content (AvgIpc) is 2.88. The predicted molar refractivity (Wildman–Crippen MR) is 145 cm³/mol. The molecule has 3 unspecified atom stereocenters. The second kappa shape index (κ2) is 13.9. The largest absolute Gasteiger partial charge is 0.482 e. The van der Waals surface area contributed by atoms with Crippen molar-refractivity contribution in [3.05, 3.63) is 74.3 Å². The zero-order valence-corrected chi connectivity index (χ0v) is 22.8. The van der Waals surface area contributed by atoms with Crippen molar-refractivity contribution in [1.82, 2.24) is 10.2 Å². The molecule has 0 spiro atoms. The van der Waals surface area contributed by atoms with Crippen molar-refractivity contribution in [3.8, 4) is 5.75 Å². The van der Waals surface area contributed by atoms with Crippen LogP contribution in [0.2, 0.25) is 5.02 Å². The molecule has 3 N–H and O–H groups in total. The smallest absolute Gasteiger partial charge is 0.249 e. The van der Waals surface area contributed by atoms with Gasteiger partial charge in [0, 0.05) is 36.7 Å². The highest BCUT2D eigenvalue weighted by Crippen LogP contribution is 2.30. The number of carbonyl (C=O) groups is 2. The number of benzene rings is 2. The van der Waals surface area contributed by atoms with E-state index in [9.17, 15) is 14.7 Å². The Morgan fingerprint density at radius 3 is 2.58 bits per heavy atom. The van der Waals surface area contributed by atoms with E-state index < -0.39 is 18.2 Å². The van der Waals surface area contributed by atoms with Crippen molar-refractivity contribution in [2.75, 3.05) is 26.4 Å². The molecule has 2 aromatic rings. The van der Waals surface area contributed by atoms with E-state index in [1.54, 1.807) is 31.2 Å². The number of halogens is 2. The topological polar surface area (TPSA) is 108 Å². The van der Waals surface area contributed by atoms with Gasteiger partial charge in [-0.25, -0.2) is 0 Å². The van der Waals surface area contributed by atoms with E-state index in [0.29, 0.717) is 23.0 Å². The van der Waals surface area contributed by atoms with Crippen LogP contribution in [0.3, 0.4) is 0 Å². The van der Waals surface area contributed by atoms with E-state index in [2.05, 4.69) is 27.9 Å². The fourth-order valence-corrected chi connectivity index (χ4v) is 4.56. The third-order valence-corrected chi connectivity index (χ3v) is 6.87. The average molecular weight is 629 g/mol. The predicted octanol–water partition coefficient (Wildman–Crippen LogP) is 2.93. The molecule has 0 bridgehead atoms. The maximum atomic E-state index is 13.3. The quantitative estimate of drug-likeness (QED) is 0.331. The summed E-state index contributed by atoms with van der Waals surface area (Å²) in [6.07, 6.45) is -0.310. The van der Waals surface area contributed by atoms with Gasteiger partial charge in [0.25, 0.3) is 0 Å². The Balaban J connectivity index is 1.96. The number of amides is 2. The van der Waals surface area contributed by atoms with Crippen LogP contribution in [0.15, 0.2) is 60.2 Å². The maximum absolute atomic E-state index is 13.3. The lowest BCUT2D eigenvalue weighted by atomic mass is 9.88. The van der Waals surface area contributed by atoms with Gasteiger partial charge in [-0.1, -0.05) is 35.9 Å². The molecule has 3 atom stereocenters. The molecular weight excluding hydrogens is 599 g/mol. The molecule has 0 aliphatic heterocycles. The molecule has 0 saturated carbocycles. The van der Waals surface area contributed by atoms with E-state index in [0.717, 1.165) is 9.13 Å². The Labute approximate surface area is 229 Å². The highest BCUT2D eigenvalue weighted by atomic mass is 127. The number of aliphatic hydroxyl groups is 2. The van der Waals surface area contributed by atoms with Crippen molar-refractivity contribution >= 4 is 46.0 Å². The van der Waals surface area contributed by atoms with Gasteiger partial charge in [-0.15, -0.1) is 0 Å². The highest BCUT2D eigenvalue weighted by Gasteiger charge is 2.40. The van der Waals surface area contributed by atoms with E-state index in [1.807, 2.05) is 30.3 Å². The zero-order valence-electron chi connectivity index (χ0n) is 19.9. The van der Waals surface area contributed by atoms with Crippen LogP contribution in [0.4, 0.5) is 0 Å². The van der Waals surface area contributed by atoms with Crippen LogP contribution in [0.5, 0.6) is 5.75 Å². The summed E-state index contributed by atoms with van der Waals surface area (Å²) in [5, 5.41) is 23.8. The summed E-state index contributed by atoms with van der Waals surface area (Å²) >= 11 is 8.16. The summed E-state index contributed by atoms with van der Waals surface area (Å²) in [4.78, 5) is 27.6. The Kier molecular flexibility index (Phi) is 11.0. The fourth-order valence-electron chi connectivity index (χ4n) is 3.92. The molecule has 1 aliphatic carbocycles. The van der Waals surface area contributed by atoms with Gasteiger partial charge in [0.1, 0.15) is 24.6 Å². The number of para-hydroxylation sites is 1. The molecule has 1 aliphatic rings. The molecule has 3 rings (SSSR count). The Morgan fingerprint density at radius 1 is 1.19 bits per heavy atom. The third kappa shape index (κ3) is 7.66. The second-order valence-electron chi connectivity index (χ2n) is 8.23. The van der Waals surface area contributed by atoms with Gasteiger partial charge in [0.15, 0.2) is 0 Å². The molecule has 8 nitrogen and oxygen atoms in total. The van der Waals surface area contributed by atoms with Crippen molar-refractivity contribution in [2.24, 2.45) is 0 Å². The molecule has 0 heterocycles. The van der Waals surface area contributed by atoms with Crippen molar-refractivity contribution in [2.45, 2.75) is 38.1 Å². The maximum Gasteiger partial charge on any atom is 0.249 e. The minimum absolute atomic E-state index is 0.0866. The Morgan fingerprint density at radius 2 is 1.92 bits per heavy atom. The van der Waals surface area contributed by atoms with Gasteiger partial charge < -0.3 is 29.9 Å². The highest BCUT2D eigenvalue weighted by molar-refractivity contribution is 14.1. The summed E-state index contributed by atoms with van der Waals surface area (Å²) < 4.78 is 12.4. The normalized spacial score (nSPS) is 19.4. The lowest BCUT2D eigenvalue weighted by Crippen LogP contribution is -2.55. The van der Waals surface area contributed by atoms with Crippen LogP contribution in [0.1, 0.15) is 18.9 Å². The van der Waals surface area contributed by atoms with Crippen LogP contribution < -0.4 is 10.1 Å². The van der Waals surface area contributed by atoms with Crippen molar-refractivity contribution in [1.29, 1.82) is 0 Å². The van der Waals surface area contributed by atoms with Crippen molar-refractivity contribution < 1.29 is 29.3 Å². The first-order valence-electron chi connectivity index (χ1n) is 11.6. The van der Waals surface area contributed by atoms with Gasteiger partial charge in [0.05, 0.1) is 16.2 Å². The summed E-state index contributed by atoms with van der Waals surface area (Å²) in [5.74, 6) is -0.152. The molecule has 0 saturated heterocycles. The lowest BCUT2D eigenvalue weighted by Gasteiger charge is -2.40. The molecular formula is C26H30ClIN2O6. The summed E-state index contributed by atoms with van der Waals surface area (Å²) in [6.45, 7) is 2.06. The van der Waals surface area contributed by atoms with Gasteiger partial charge in [-0.3, -0.25) is 9.59 Å².